The predicted molar refractivity (Wildman–Crippen MR) is 61.5 cm³/mol. The van der Waals surface area contributed by atoms with E-state index in [1.807, 2.05) is 23.8 Å². The minimum absolute atomic E-state index is 0.230. The van der Waals surface area contributed by atoms with E-state index in [1.165, 1.54) is 12.1 Å². The van der Waals surface area contributed by atoms with Gasteiger partial charge < -0.3 is 5.73 Å². The highest BCUT2D eigenvalue weighted by Crippen LogP contribution is 2.24. The second-order valence-electron chi connectivity index (χ2n) is 3.54. The number of aryl methyl sites for hydroxylation is 1. The fourth-order valence-corrected chi connectivity index (χ4v) is 2.27. The maximum atomic E-state index is 13.1. The van der Waals surface area contributed by atoms with Gasteiger partial charge in [-0.15, -0.1) is 0 Å². The standard InChI is InChI=1S/C12H12FNS/c1-8-2-3-10(13)6-11(8)12(14)9-4-5-15-7-9/h2-7,12H,14H2,1H3/t12-/m1/s1. The van der Waals surface area contributed by atoms with E-state index in [0.29, 0.717) is 0 Å². The summed E-state index contributed by atoms with van der Waals surface area (Å²) in [7, 11) is 0. The fraction of sp³-hybridized carbons (Fsp3) is 0.167. The molecule has 15 heavy (non-hydrogen) atoms. The molecule has 0 saturated heterocycles. The Kier molecular flexibility index (Phi) is 2.84. The van der Waals surface area contributed by atoms with Crippen molar-refractivity contribution in [2.24, 2.45) is 5.73 Å². The summed E-state index contributed by atoms with van der Waals surface area (Å²) < 4.78 is 13.1. The molecule has 0 radical (unpaired) electrons. The first-order valence-electron chi connectivity index (χ1n) is 4.72. The topological polar surface area (TPSA) is 26.0 Å². The Balaban J connectivity index is 2.41. The summed E-state index contributed by atoms with van der Waals surface area (Å²) in [6.07, 6.45) is 0. The van der Waals surface area contributed by atoms with Crippen LogP contribution < -0.4 is 5.73 Å². The Morgan fingerprint density at radius 1 is 1.33 bits per heavy atom. The summed E-state index contributed by atoms with van der Waals surface area (Å²) in [6.45, 7) is 1.95. The SMILES string of the molecule is Cc1ccc(F)cc1[C@H](N)c1ccsc1. The molecule has 0 aliphatic carbocycles. The van der Waals surface area contributed by atoms with Gasteiger partial charge in [-0.05, 0) is 52.6 Å². The van der Waals surface area contributed by atoms with E-state index in [4.69, 9.17) is 5.73 Å². The van der Waals surface area contributed by atoms with E-state index >= 15 is 0 Å². The van der Waals surface area contributed by atoms with Crippen LogP contribution in [-0.2, 0) is 0 Å². The van der Waals surface area contributed by atoms with E-state index < -0.39 is 0 Å². The van der Waals surface area contributed by atoms with Gasteiger partial charge in [-0.25, -0.2) is 4.39 Å². The Labute approximate surface area is 92.4 Å². The maximum Gasteiger partial charge on any atom is 0.123 e. The molecule has 0 saturated carbocycles. The first kappa shape index (κ1) is 10.3. The molecule has 2 rings (SSSR count). The third kappa shape index (κ3) is 2.08. The lowest BCUT2D eigenvalue weighted by Gasteiger charge is -2.13. The van der Waals surface area contributed by atoms with Gasteiger partial charge in [0.2, 0.25) is 0 Å². The lowest BCUT2D eigenvalue weighted by Crippen LogP contribution is -2.12. The van der Waals surface area contributed by atoms with Crippen LogP contribution in [0.4, 0.5) is 4.39 Å². The van der Waals surface area contributed by atoms with Crippen molar-refractivity contribution in [3.63, 3.8) is 0 Å². The van der Waals surface area contributed by atoms with Crippen LogP contribution in [0.5, 0.6) is 0 Å². The van der Waals surface area contributed by atoms with Gasteiger partial charge in [-0.1, -0.05) is 6.07 Å². The predicted octanol–water partition coefficient (Wildman–Crippen LogP) is 3.24. The average molecular weight is 221 g/mol. The van der Waals surface area contributed by atoms with Crippen LogP contribution in [0.25, 0.3) is 0 Å². The van der Waals surface area contributed by atoms with Crippen LogP contribution in [0.1, 0.15) is 22.7 Å². The average Bonchev–Trinajstić information content (AvgIpc) is 2.74. The molecule has 1 aromatic heterocycles. The Morgan fingerprint density at radius 2 is 2.13 bits per heavy atom. The highest BCUT2D eigenvalue weighted by atomic mass is 32.1. The van der Waals surface area contributed by atoms with Crippen LogP contribution in [-0.4, -0.2) is 0 Å². The van der Waals surface area contributed by atoms with Crippen molar-refractivity contribution < 1.29 is 4.39 Å². The molecule has 2 N–H and O–H groups in total. The molecule has 1 heterocycles. The maximum absolute atomic E-state index is 13.1. The summed E-state index contributed by atoms with van der Waals surface area (Å²) in [5.74, 6) is -0.235. The van der Waals surface area contributed by atoms with E-state index in [2.05, 4.69) is 0 Å². The lowest BCUT2D eigenvalue weighted by molar-refractivity contribution is 0.623. The van der Waals surface area contributed by atoms with Crippen molar-refractivity contribution >= 4 is 11.3 Å². The largest absolute Gasteiger partial charge is 0.320 e. The van der Waals surface area contributed by atoms with Crippen molar-refractivity contribution in [1.29, 1.82) is 0 Å². The first-order valence-corrected chi connectivity index (χ1v) is 5.66. The van der Waals surface area contributed by atoms with Gasteiger partial charge in [0.25, 0.3) is 0 Å². The third-order valence-electron chi connectivity index (χ3n) is 2.48. The summed E-state index contributed by atoms with van der Waals surface area (Å²) in [5, 5.41) is 3.97. The zero-order valence-electron chi connectivity index (χ0n) is 8.41. The molecule has 1 atom stereocenters. The van der Waals surface area contributed by atoms with Gasteiger partial charge in [0.1, 0.15) is 5.82 Å². The smallest absolute Gasteiger partial charge is 0.123 e. The number of benzene rings is 1. The van der Waals surface area contributed by atoms with E-state index in [0.717, 1.165) is 16.7 Å². The van der Waals surface area contributed by atoms with Gasteiger partial charge in [-0.3, -0.25) is 0 Å². The second kappa shape index (κ2) is 4.13. The van der Waals surface area contributed by atoms with Crippen LogP contribution in [0, 0.1) is 12.7 Å². The molecule has 2 aromatic rings. The number of hydrogen-bond acceptors (Lipinski definition) is 2. The van der Waals surface area contributed by atoms with Crippen LogP contribution >= 0.6 is 11.3 Å². The highest BCUT2D eigenvalue weighted by Gasteiger charge is 2.12. The monoisotopic (exact) mass is 221 g/mol. The second-order valence-corrected chi connectivity index (χ2v) is 4.32. The molecular formula is C12H12FNS. The zero-order chi connectivity index (χ0) is 10.8. The van der Waals surface area contributed by atoms with E-state index in [1.54, 1.807) is 17.4 Å². The molecule has 0 spiro atoms. The van der Waals surface area contributed by atoms with Crippen molar-refractivity contribution in [3.8, 4) is 0 Å². The van der Waals surface area contributed by atoms with Crippen molar-refractivity contribution in [2.45, 2.75) is 13.0 Å². The normalized spacial score (nSPS) is 12.7. The molecule has 0 unspecified atom stereocenters. The molecule has 1 nitrogen and oxygen atoms in total. The van der Waals surface area contributed by atoms with Gasteiger partial charge in [0, 0.05) is 0 Å². The van der Waals surface area contributed by atoms with E-state index in [9.17, 15) is 4.39 Å². The minimum Gasteiger partial charge on any atom is -0.320 e. The summed E-state index contributed by atoms with van der Waals surface area (Å²) in [4.78, 5) is 0. The Hall–Kier alpha value is -1.19. The molecule has 0 aliphatic rings. The molecule has 78 valence electrons. The highest BCUT2D eigenvalue weighted by molar-refractivity contribution is 7.08. The third-order valence-corrected chi connectivity index (χ3v) is 3.18. The number of nitrogens with two attached hydrogens (primary N) is 1. The number of rotatable bonds is 2. The molecule has 0 fully saturated rings. The minimum atomic E-state index is -0.235. The van der Waals surface area contributed by atoms with Gasteiger partial charge in [0.15, 0.2) is 0 Å². The molecule has 0 aliphatic heterocycles. The zero-order valence-corrected chi connectivity index (χ0v) is 9.22. The van der Waals surface area contributed by atoms with Gasteiger partial charge in [0.05, 0.1) is 6.04 Å². The van der Waals surface area contributed by atoms with Gasteiger partial charge >= 0.3 is 0 Å². The first-order chi connectivity index (χ1) is 7.18. The summed E-state index contributed by atoms with van der Waals surface area (Å²) in [5.41, 5.74) is 8.98. The Morgan fingerprint density at radius 3 is 2.80 bits per heavy atom. The van der Waals surface area contributed by atoms with Crippen molar-refractivity contribution in [1.82, 2.24) is 0 Å². The summed E-state index contributed by atoms with van der Waals surface area (Å²) in [6, 6.07) is 6.47. The number of hydrogen-bond donors (Lipinski definition) is 1. The van der Waals surface area contributed by atoms with Crippen molar-refractivity contribution in [2.75, 3.05) is 0 Å². The molecular weight excluding hydrogens is 209 g/mol. The summed E-state index contributed by atoms with van der Waals surface area (Å²) >= 11 is 1.60. The van der Waals surface area contributed by atoms with Crippen LogP contribution in [0.2, 0.25) is 0 Å². The van der Waals surface area contributed by atoms with Crippen LogP contribution in [0.15, 0.2) is 35.0 Å². The lowest BCUT2D eigenvalue weighted by atomic mass is 9.98. The molecule has 0 bridgehead atoms. The van der Waals surface area contributed by atoms with Gasteiger partial charge in [-0.2, -0.15) is 11.3 Å². The molecule has 1 aromatic carbocycles. The number of halogens is 1. The van der Waals surface area contributed by atoms with E-state index in [-0.39, 0.29) is 11.9 Å². The molecule has 3 heteroatoms. The Bertz CT molecular complexity index is 451. The van der Waals surface area contributed by atoms with Crippen LogP contribution in [0.3, 0.4) is 0 Å². The quantitative estimate of drug-likeness (QED) is 0.827. The fourth-order valence-electron chi connectivity index (χ4n) is 1.58. The number of thiophene rings is 1. The molecule has 0 amide bonds. The van der Waals surface area contributed by atoms with Crippen molar-refractivity contribution in [3.05, 3.63) is 57.5 Å².